The van der Waals surface area contributed by atoms with E-state index in [1.165, 1.54) is 21.8 Å². The van der Waals surface area contributed by atoms with Crippen LogP contribution in [0.5, 0.6) is 17.2 Å². The monoisotopic (exact) mass is 753 g/mol. The van der Waals surface area contributed by atoms with E-state index < -0.39 is 0 Å². The Bertz CT molecular complexity index is 3470. The van der Waals surface area contributed by atoms with Gasteiger partial charge in [0.1, 0.15) is 28.4 Å². The highest BCUT2D eigenvalue weighted by Crippen LogP contribution is 2.43. The Kier molecular flexibility index (Phi) is 6.78. The van der Waals surface area contributed by atoms with Crippen LogP contribution in [-0.4, -0.2) is 11.5 Å². The summed E-state index contributed by atoms with van der Waals surface area (Å²) < 4.78 is 22.3. The van der Waals surface area contributed by atoms with Crippen molar-refractivity contribution < 1.29 is 13.8 Å². The van der Waals surface area contributed by atoms with Gasteiger partial charge in [-0.1, -0.05) is 121 Å². The third-order valence-electron chi connectivity index (χ3n) is 12.3. The number of rotatable bonds is 4. The Morgan fingerprint density at radius 1 is 0.373 bits per heavy atom. The van der Waals surface area contributed by atoms with E-state index >= 15 is 0 Å². The molecule has 9 aromatic carbocycles. The van der Waals surface area contributed by atoms with Crippen LogP contribution in [0.3, 0.4) is 0 Å². The van der Waals surface area contributed by atoms with E-state index in [4.69, 9.17) is 13.8 Å². The molecule has 2 aromatic heterocycles. The molecule has 2 aliphatic rings. The highest BCUT2D eigenvalue weighted by molar-refractivity contribution is 6.84. The van der Waals surface area contributed by atoms with Gasteiger partial charge in [0.05, 0.1) is 11.0 Å². The summed E-state index contributed by atoms with van der Waals surface area (Å²) in [7, 11) is 0. The predicted octanol–water partition coefficient (Wildman–Crippen LogP) is 13.0. The van der Waals surface area contributed by atoms with Crippen molar-refractivity contribution in [1.29, 1.82) is 0 Å². The van der Waals surface area contributed by atoms with Gasteiger partial charge in [-0.15, -0.1) is 0 Å². The number of para-hydroxylation sites is 4. The number of hydrogen-bond acceptors (Lipinski definition) is 3. The molecule has 0 saturated carbocycles. The van der Waals surface area contributed by atoms with Crippen molar-refractivity contribution in [3.63, 3.8) is 0 Å². The zero-order valence-electron chi connectivity index (χ0n) is 31.7. The van der Waals surface area contributed by atoms with Gasteiger partial charge in [0.2, 0.25) is 0 Å². The van der Waals surface area contributed by atoms with Gasteiger partial charge in [-0.2, -0.15) is 0 Å². The molecule has 0 unspecified atom stereocenters. The van der Waals surface area contributed by atoms with Gasteiger partial charge in [0.25, 0.3) is 0 Å². The van der Waals surface area contributed by atoms with Gasteiger partial charge in [0, 0.05) is 43.7 Å². The number of benzene rings is 9. The lowest BCUT2D eigenvalue weighted by Crippen LogP contribution is -2.53. The molecule has 0 fully saturated rings. The molecule has 274 valence electrons. The molecule has 11 aromatic rings. The first-order chi connectivity index (χ1) is 29.2. The molecular weight excluding hydrogens is 721 g/mol. The SMILES string of the molecule is c1cc(-c2cc3c4c(c2)-c2ccccc2OB4c2ccc(-c4ccc(-n5c6ccccc6c6ccccc65)cc4)cc2O3)cc(-c2ccc3oc4ccccc4c3c2)c1. The average Bonchev–Trinajstić information content (AvgIpc) is 3.84. The molecule has 0 bridgehead atoms. The summed E-state index contributed by atoms with van der Waals surface area (Å²) in [6.45, 7) is -0.290. The van der Waals surface area contributed by atoms with Crippen LogP contribution in [0.25, 0.3) is 93.9 Å². The molecule has 4 heterocycles. The molecule has 0 spiro atoms. The smallest absolute Gasteiger partial charge is 0.434 e. The van der Waals surface area contributed by atoms with E-state index in [0.717, 1.165) is 100 Å². The minimum atomic E-state index is -0.290. The van der Waals surface area contributed by atoms with Gasteiger partial charge < -0.3 is 18.4 Å². The van der Waals surface area contributed by atoms with Crippen molar-refractivity contribution in [1.82, 2.24) is 4.57 Å². The first-order valence-electron chi connectivity index (χ1n) is 20.1. The number of hydrogen-bond donors (Lipinski definition) is 0. The largest absolute Gasteiger partial charge is 0.551 e. The summed E-state index contributed by atoms with van der Waals surface area (Å²) in [5, 5.41) is 4.76. The van der Waals surface area contributed by atoms with Crippen molar-refractivity contribution in [3.8, 4) is 67.4 Å². The molecule has 4 nitrogen and oxygen atoms in total. The van der Waals surface area contributed by atoms with E-state index in [9.17, 15) is 0 Å². The predicted molar refractivity (Wildman–Crippen MR) is 242 cm³/mol. The van der Waals surface area contributed by atoms with E-state index in [0.29, 0.717) is 0 Å². The molecule has 13 rings (SSSR count). The van der Waals surface area contributed by atoms with Gasteiger partial charge in [0.15, 0.2) is 0 Å². The topological polar surface area (TPSA) is 36.5 Å². The second kappa shape index (κ2) is 12.4. The van der Waals surface area contributed by atoms with Crippen LogP contribution in [0, 0.1) is 0 Å². The Hall–Kier alpha value is -7.76. The van der Waals surface area contributed by atoms with Gasteiger partial charge in [-0.05, 0) is 112 Å². The summed E-state index contributed by atoms with van der Waals surface area (Å²) in [4.78, 5) is 0. The van der Waals surface area contributed by atoms with E-state index in [2.05, 4.69) is 180 Å². The van der Waals surface area contributed by atoms with Crippen molar-refractivity contribution >= 4 is 61.6 Å². The van der Waals surface area contributed by atoms with Crippen LogP contribution in [0.1, 0.15) is 0 Å². The van der Waals surface area contributed by atoms with Crippen molar-refractivity contribution in [2.45, 2.75) is 0 Å². The minimum absolute atomic E-state index is 0.290. The molecule has 59 heavy (non-hydrogen) atoms. The summed E-state index contributed by atoms with van der Waals surface area (Å²) in [5.41, 5.74) is 16.3. The summed E-state index contributed by atoms with van der Waals surface area (Å²) in [5.74, 6) is 2.50. The number of furan rings is 1. The Balaban J connectivity index is 0.891. The maximum Gasteiger partial charge on any atom is 0.434 e. The lowest BCUT2D eigenvalue weighted by atomic mass is 9.50. The van der Waals surface area contributed by atoms with E-state index in [-0.39, 0.29) is 6.92 Å². The fraction of sp³-hybridized carbons (Fsp3) is 0. The van der Waals surface area contributed by atoms with E-state index in [1.807, 2.05) is 18.2 Å². The lowest BCUT2D eigenvalue weighted by Gasteiger charge is -2.33. The molecule has 0 saturated heterocycles. The van der Waals surface area contributed by atoms with E-state index in [1.54, 1.807) is 0 Å². The fourth-order valence-electron chi connectivity index (χ4n) is 9.49. The van der Waals surface area contributed by atoms with Crippen LogP contribution in [0.2, 0.25) is 0 Å². The maximum atomic E-state index is 6.94. The standard InChI is InChI=1S/C54H32BNO3/c1-5-16-47-40(12-1)41-13-2-6-17-48(41)56(47)39-24-20-33(21-25-39)37-22-26-46-52(31-37)58-53-32-38(30-45-43-15-4-8-19-51(43)59-55(46)54(45)53)35-11-9-10-34(28-35)36-23-27-50-44(29-36)42-14-3-7-18-49(42)57-50/h1-32H. The molecule has 0 radical (unpaired) electrons. The summed E-state index contributed by atoms with van der Waals surface area (Å²) >= 11 is 0. The Labute approximate surface area is 340 Å². The Morgan fingerprint density at radius 2 is 1.00 bits per heavy atom. The van der Waals surface area contributed by atoms with Gasteiger partial charge >= 0.3 is 6.92 Å². The summed E-state index contributed by atoms with van der Waals surface area (Å²) in [6, 6.07) is 68.9. The number of aromatic nitrogens is 1. The quantitative estimate of drug-likeness (QED) is 0.168. The zero-order chi connectivity index (χ0) is 38.6. The van der Waals surface area contributed by atoms with Crippen LogP contribution >= 0.6 is 0 Å². The highest BCUT2D eigenvalue weighted by atomic mass is 16.5. The van der Waals surface area contributed by atoms with Crippen LogP contribution in [-0.2, 0) is 0 Å². The zero-order valence-corrected chi connectivity index (χ0v) is 31.7. The lowest BCUT2D eigenvalue weighted by molar-refractivity contribution is 0.480. The molecule has 0 N–H and O–H groups in total. The highest BCUT2D eigenvalue weighted by Gasteiger charge is 2.41. The third-order valence-corrected chi connectivity index (χ3v) is 12.3. The first kappa shape index (κ1) is 32.3. The van der Waals surface area contributed by atoms with Crippen LogP contribution in [0.15, 0.2) is 199 Å². The fourth-order valence-corrected chi connectivity index (χ4v) is 9.49. The number of fused-ring (bicyclic) bond motifs is 10. The molecule has 0 aliphatic carbocycles. The molecule has 2 aliphatic heterocycles. The normalized spacial score (nSPS) is 12.6. The first-order valence-corrected chi connectivity index (χ1v) is 20.1. The van der Waals surface area contributed by atoms with Gasteiger partial charge in [-0.25, -0.2) is 0 Å². The molecule has 0 atom stereocenters. The molecule has 0 amide bonds. The number of ether oxygens (including phenoxy) is 1. The average molecular weight is 754 g/mol. The second-order valence-electron chi connectivity index (χ2n) is 15.6. The van der Waals surface area contributed by atoms with Crippen molar-refractivity contribution in [3.05, 3.63) is 194 Å². The molecule has 5 heteroatoms. The summed E-state index contributed by atoms with van der Waals surface area (Å²) in [6.07, 6.45) is 0. The van der Waals surface area contributed by atoms with Crippen LogP contribution < -0.4 is 20.3 Å². The number of nitrogens with zero attached hydrogens (tertiary/aromatic N) is 1. The van der Waals surface area contributed by atoms with Gasteiger partial charge in [-0.3, -0.25) is 0 Å². The molecular formula is C54H32BNO3. The van der Waals surface area contributed by atoms with Crippen molar-refractivity contribution in [2.24, 2.45) is 0 Å². The van der Waals surface area contributed by atoms with Crippen molar-refractivity contribution in [2.75, 3.05) is 0 Å². The van der Waals surface area contributed by atoms with Crippen LogP contribution in [0.4, 0.5) is 0 Å². The maximum absolute atomic E-state index is 6.94. The third kappa shape index (κ3) is 4.92. The Morgan fingerprint density at radius 3 is 1.83 bits per heavy atom. The minimum Gasteiger partial charge on any atom is -0.551 e. The second-order valence-corrected chi connectivity index (χ2v) is 15.6.